The minimum absolute atomic E-state index is 0.00352. The zero-order chi connectivity index (χ0) is 43.3. The van der Waals surface area contributed by atoms with Gasteiger partial charge in [0.05, 0.1) is 46.7 Å². The molecule has 5 amide bonds. The number of anilines is 3. The number of nitrogens with one attached hydrogen (secondary N) is 2. The topological polar surface area (TPSA) is 156 Å². The average Bonchev–Trinajstić information content (AvgIpc) is 3.61. The first kappa shape index (κ1) is 43.0. The zero-order valence-electron chi connectivity index (χ0n) is 34.3. The number of imide groups is 1. The van der Waals surface area contributed by atoms with Crippen LogP contribution in [0.4, 0.5) is 35.2 Å². The second-order valence-corrected chi connectivity index (χ2v) is 17.3. The van der Waals surface area contributed by atoms with Gasteiger partial charge in [0.1, 0.15) is 5.54 Å². The fourth-order valence-electron chi connectivity index (χ4n) is 9.50. The lowest BCUT2D eigenvalue weighted by Crippen LogP contribution is -2.51. The lowest BCUT2D eigenvalue weighted by Gasteiger charge is -2.42. The van der Waals surface area contributed by atoms with E-state index in [4.69, 9.17) is 17.0 Å². The fraction of sp³-hybridized carbons (Fsp3) is 0.548. The van der Waals surface area contributed by atoms with Gasteiger partial charge in [-0.15, -0.1) is 0 Å². The number of halogens is 3. The maximum absolute atomic E-state index is 13.8. The molecule has 320 valence electrons. The molecule has 7 rings (SSSR count). The number of carbonyl (C=O) groups is 4. The van der Waals surface area contributed by atoms with Crippen LogP contribution in [-0.2, 0) is 32.3 Å². The van der Waals surface area contributed by atoms with Crippen molar-refractivity contribution in [3.63, 3.8) is 0 Å². The molecule has 2 aromatic carbocycles. The number of thiocarbonyl (C=S) groups is 1. The molecule has 0 unspecified atom stereocenters. The monoisotopic (exact) mass is 849 g/mol. The predicted octanol–water partition coefficient (Wildman–Crippen LogP) is 6.47. The number of hydrogen-bond acceptors (Lipinski definition) is 9. The van der Waals surface area contributed by atoms with Crippen molar-refractivity contribution in [2.24, 2.45) is 13.0 Å². The number of nitrogens with zero attached hydrogens (tertiary/aromatic N) is 7. The molecular formula is C42H50F3N9O5S. The van der Waals surface area contributed by atoms with E-state index in [1.807, 2.05) is 11.0 Å². The van der Waals surface area contributed by atoms with Crippen molar-refractivity contribution in [3.05, 3.63) is 47.5 Å². The minimum Gasteiger partial charge on any atom is -0.378 e. The molecule has 3 aromatic rings. The van der Waals surface area contributed by atoms with Crippen LogP contribution in [0.2, 0.25) is 0 Å². The molecule has 3 aliphatic heterocycles. The van der Waals surface area contributed by atoms with Crippen LogP contribution < -0.4 is 20.4 Å². The Balaban J connectivity index is 0.884. The number of fused-ring (bicyclic) bond motifs is 1. The maximum atomic E-state index is 13.8. The Morgan fingerprint density at radius 2 is 1.78 bits per heavy atom. The van der Waals surface area contributed by atoms with Crippen molar-refractivity contribution in [1.82, 2.24) is 24.9 Å². The zero-order valence-corrected chi connectivity index (χ0v) is 35.2. The first-order chi connectivity index (χ1) is 28.4. The van der Waals surface area contributed by atoms with Crippen LogP contribution in [0.1, 0.15) is 90.2 Å². The van der Waals surface area contributed by atoms with Gasteiger partial charge in [-0.3, -0.25) is 39.1 Å². The SMILES string of the molecule is C[C@@H]1C[C@H](OCC[C@H]2CC[C@H](N3C(=S)N(c4ccc(C#N)c(C(F)(F)F)c4)C(=O)C3(C)C)CC2)C[C@H](C)N1CC(=O)Nc1cccc2c(N3CCC(=O)NC3=O)nn(C)c12. The summed E-state index contributed by atoms with van der Waals surface area (Å²) < 4.78 is 49.4. The fourth-order valence-corrected chi connectivity index (χ4v) is 10.1. The minimum atomic E-state index is -4.76. The highest BCUT2D eigenvalue weighted by atomic mass is 32.1. The molecule has 4 aliphatic rings. The molecule has 1 saturated carbocycles. The maximum Gasteiger partial charge on any atom is 0.417 e. The van der Waals surface area contributed by atoms with Gasteiger partial charge in [0.2, 0.25) is 11.8 Å². The normalized spacial score (nSPS) is 25.2. The van der Waals surface area contributed by atoms with E-state index in [-0.39, 0.29) is 66.4 Å². The molecule has 1 aromatic heterocycles. The first-order valence-electron chi connectivity index (χ1n) is 20.4. The van der Waals surface area contributed by atoms with E-state index in [0.717, 1.165) is 57.1 Å². The number of nitriles is 1. The molecule has 14 nitrogen and oxygen atoms in total. The van der Waals surface area contributed by atoms with E-state index in [0.29, 0.717) is 34.9 Å². The number of amides is 5. The van der Waals surface area contributed by atoms with E-state index in [9.17, 15) is 37.6 Å². The standard InChI is InChI=1S/C42H50F3N9O5S/c1-24-19-30(20-25(2)52(24)23-35(56)47-33-8-6-7-31-36(33)50(5)49-37(31)51-17-15-34(55)48-39(51)58)59-18-16-26-9-12-28(13-10-26)54-40(60)53(38(57)41(54,3)4)29-14-11-27(22-46)32(21-29)42(43,44)45/h6-8,11,14,21,24-26,28,30H,9-10,12-13,15-20,23H2,1-5H3,(H,47,56)(H,48,55,58)/t24-,25+,26-,28-,30+. The summed E-state index contributed by atoms with van der Waals surface area (Å²) in [6, 6.07) is 9.89. The number of carbonyl (C=O) groups excluding carboxylic acids is 4. The largest absolute Gasteiger partial charge is 0.417 e. The van der Waals surface area contributed by atoms with Gasteiger partial charge < -0.3 is 15.0 Å². The third kappa shape index (κ3) is 8.31. The number of aryl methyl sites for hydroxylation is 1. The van der Waals surface area contributed by atoms with Gasteiger partial charge in [0.25, 0.3) is 5.91 Å². The van der Waals surface area contributed by atoms with Crippen LogP contribution in [0.3, 0.4) is 0 Å². The number of likely N-dealkylation sites (tertiary alicyclic amines) is 1. The molecule has 0 spiro atoms. The smallest absolute Gasteiger partial charge is 0.378 e. The van der Waals surface area contributed by atoms with E-state index >= 15 is 0 Å². The van der Waals surface area contributed by atoms with Gasteiger partial charge in [0.15, 0.2) is 10.9 Å². The Labute approximate surface area is 351 Å². The Hall–Kier alpha value is -5.12. The summed E-state index contributed by atoms with van der Waals surface area (Å²) in [4.78, 5) is 58.1. The van der Waals surface area contributed by atoms with Crippen molar-refractivity contribution < 1.29 is 37.1 Å². The van der Waals surface area contributed by atoms with Crippen molar-refractivity contribution in [3.8, 4) is 6.07 Å². The van der Waals surface area contributed by atoms with Crippen LogP contribution in [0.5, 0.6) is 0 Å². The number of urea groups is 1. The summed E-state index contributed by atoms with van der Waals surface area (Å²) >= 11 is 5.76. The summed E-state index contributed by atoms with van der Waals surface area (Å²) in [6.07, 6.45) is 1.25. The van der Waals surface area contributed by atoms with Crippen molar-refractivity contribution in [2.75, 3.05) is 34.8 Å². The van der Waals surface area contributed by atoms with E-state index in [1.54, 1.807) is 43.8 Å². The van der Waals surface area contributed by atoms with Gasteiger partial charge in [0, 0.05) is 50.1 Å². The van der Waals surface area contributed by atoms with Gasteiger partial charge in [-0.05, 0) is 121 Å². The van der Waals surface area contributed by atoms with E-state index in [1.165, 1.54) is 15.9 Å². The van der Waals surface area contributed by atoms with Crippen molar-refractivity contribution >= 4 is 69.2 Å². The highest BCUT2D eigenvalue weighted by molar-refractivity contribution is 7.80. The molecule has 4 fully saturated rings. The van der Waals surface area contributed by atoms with Gasteiger partial charge >= 0.3 is 12.2 Å². The first-order valence-corrected chi connectivity index (χ1v) is 20.8. The van der Waals surface area contributed by atoms with Crippen LogP contribution in [-0.4, -0.2) is 97.9 Å². The summed E-state index contributed by atoms with van der Waals surface area (Å²) in [6.45, 7) is 8.72. The Bertz CT molecular complexity index is 2240. The lowest BCUT2D eigenvalue weighted by atomic mass is 9.82. The van der Waals surface area contributed by atoms with Gasteiger partial charge in [-0.25, -0.2) is 4.79 Å². The quantitative estimate of drug-likeness (QED) is 0.217. The Morgan fingerprint density at radius 1 is 1.08 bits per heavy atom. The second-order valence-electron chi connectivity index (χ2n) is 16.9. The van der Waals surface area contributed by atoms with Crippen LogP contribution in [0.15, 0.2) is 36.4 Å². The summed E-state index contributed by atoms with van der Waals surface area (Å²) in [5.41, 5.74) is -1.43. The Morgan fingerprint density at radius 3 is 2.43 bits per heavy atom. The van der Waals surface area contributed by atoms with Crippen LogP contribution >= 0.6 is 12.2 Å². The molecule has 4 heterocycles. The number of alkyl halides is 3. The van der Waals surface area contributed by atoms with Gasteiger partial charge in [-0.2, -0.15) is 23.5 Å². The highest BCUT2D eigenvalue weighted by Crippen LogP contribution is 2.42. The number of ether oxygens (including phenoxy) is 1. The van der Waals surface area contributed by atoms with E-state index in [2.05, 4.69) is 34.5 Å². The number of para-hydroxylation sites is 1. The van der Waals surface area contributed by atoms with Gasteiger partial charge in [-0.1, -0.05) is 6.07 Å². The number of aromatic nitrogens is 2. The number of hydrogen-bond donors (Lipinski definition) is 2. The average molecular weight is 850 g/mol. The Kier molecular flexibility index (Phi) is 12.0. The summed E-state index contributed by atoms with van der Waals surface area (Å²) in [7, 11) is 1.75. The van der Waals surface area contributed by atoms with Crippen molar-refractivity contribution in [2.45, 2.75) is 115 Å². The molecule has 0 radical (unpaired) electrons. The number of piperidine rings is 1. The molecular weight excluding hydrogens is 800 g/mol. The molecule has 60 heavy (non-hydrogen) atoms. The number of benzene rings is 2. The van der Waals surface area contributed by atoms with Crippen LogP contribution in [0, 0.1) is 17.2 Å². The third-order valence-electron chi connectivity index (χ3n) is 12.6. The van der Waals surface area contributed by atoms with E-state index < -0.39 is 34.8 Å². The highest BCUT2D eigenvalue weighted by Gasteiger charge is 2.52. The molecule has 3 saturated heterocycles. The lowest BCUT2D eigenvalue weighted by molar-refractivity contribution is -0.137. The molecule has 1 aliphatic carbocycles. The van der Waals surface area contributed by atoms with Crippen molar-refractivity contribution in [1.29, 1.82) is 5.26 Å². The molecule has 3 atom stereocenters. The number of rotatable bonds is 10. The predicted molar refractivity (Wildman–Crippen MR) is 222 cm³/mol. The molecule has 18 heteroatoms. The second kappa shape index (κ2) is 16.7. The molecule has 2 N–H and O–H groups in total. The third-order valence-corrected chi connectivity index (χ3v) is 12.9. The summed E-state index contributed by atoms with van der Waals surface area (Å²) in [5, 5.41) is 20.0. The van der Waals surface area contributed by atoms with Crippen LogP contribution in [0.25, 0.3) is 10.9 Å². The molecule has 0 bridgehead atoms. The summed E-state index contributed by atoms with van der Waals surface area (Å²) in [5.74, 6) is -0.0623.